The molecule has 1 saturated heterocycles. The fraction of sp³-hybridized carbons (Fsp3) is 0.536. The maximum atomic E-state index is 13.6. The molecule has 1 aliphatic carbocycles. The maximum Gasteiger partial charge on any atom is 0.337 e. The van der Waals surface area contributed by atoms with Crippen molar-refractivity contribution in [2.24, 2.45) is 5.92 Å². The van der Waals surface area contributed by atoms with E-state index in [1.165, 1.54) is 39.2 Å². The van der Waals surface area contributed by atoms with Gasteiger partial charge in [0, 0.05) is 13.2 Å². The van der Waals surface area contributed by atoms with Crippen LogP contribution in [0.5, 0.6) is 5.75 Å². The van der Waals surface area contributed by atoms with Crippen LogP contribution in [0.1, 0.15) is 79.5 Å². The van der Waals surface area contributed by atoms with Gasteiger partial charge in [0.1, 0.15) is 5.75 Å². The van der Waals surface area contributed by atoms with Gasteiger partial charge in [0.2, 0.25) is 5.91 Å². The summed E-state index contributed by atoms with van der Waals surface area (Å²) in [6.07, 6.45) is 9.27. The summed E-state index contributed by atoms with van der Waals surface area (Å²) in [7, 11) is 1.36. The summed E-state index contributed by atoms with van der Waals surface area (Å²) in [5.74, 6) is 0.931. The number of carbonyl (C=O) groups is 2. The van der Waals surface area contributed by atoms with Crippen LogP contribution in [0, 0.1) is 5.92 Å². The van der Waals surface area contributed by atoms with E-state index in [1.54, 1.807) is 18.3 Å². The number of amides is 1. The third-order valence-corrected chi connectivity index (χ3v) is 7.40. The molecule has 0 unspecified atom stereocenters. The van der Waals surface area contributed by atoms with Gasteiger partial charge in [-0.3, -0.25) is 9.78 Å². The van der Waals surface area contributed by atoms with Crippen molar-refractivity contribution in [2.75, 3.05) is 26.9 Å². The van der Waals surface area contributed by atoms with Gasteiger partial charge in [-0.2, -0.15) is 0 Å². The number of esters is 1. The van der Waals surface area contributed by atoms with Crippen LogP contribution in [0.25, 0.3) is 0 Å². The number of pyridine rings is 1. The van der Waals surface area contributed by atoms with Crippen LogP contribution in [0.2, 0.25) is 0 Å². The average molecular weight is 481 g/mol. The summed E-state index contributed by atoms with van der Waals surface area (Å²) in [6.45, 7) is 3.69. The van der Waals surface area contributed by atoms with Gasteiger partial charge in [0.15, 0.2) is 0 Å². The highest BCUT2D eigenvalue weighted by Gasteiger charge is 2.43. The van der Waals surface area contributed by atoms with Crippen molar-refractivity contribution in [1.29, 1.82) is 0 Å². The third-order valence-electron chi connectivity index (χ3n) is 7.40. The predicted molar refractivity (Wildman–Crippen MR) is 132 cm³/mol. The van der Waals surface area contributed by atoms with E-state index in [4.69, 9.17) is 14.2 Å². The zero-order chi connectivity index (χ0) is 24.7. The first-order valence-electron chi connectivity index (χ1n) is 12.7. The summed E-state index contributed by atoms with van der Waals surface area (Å²) in [5.41, 5.74) is 1.38. The Balaban J connectivity index is 1.44. The van der Waals surface area contributed by atoms with Crippen molar-refractivity contribution >= 4 is 11.9 Å². The minimum absolute atomic E-state index is 0.0614. The van der Waals surface area contributed by atoms with Crippen molar-refractivity contribution in [1.82, 2.24) is 10.3 Å². The first kappa shape index (κ1) is 25.2. The molecule has 7 heteroatoms. The van der Waals surface area contributed by atoms with Gasteiger partial charge in [-0.1, -0.05) is 31.4 Å². The van der Waals surface area contributed by atoms with Crippen LogP contribution in [-0.2, 0) is 19.7 Å². The zero-order valence-electron chi connectivity index (χ0n) is 20.8. The van der Waals surface area contributed by atoms with Gasteiger partial charge in [-0.05, 0) is 68.4 Å². The normalized spacial score (nSPS) is 18.9. The molecule has 1 aromatic carbocycles. The fourth-order valence-electron chi connectivity index (χ4n) is 5.08. The van der Waals surface area contributed by atoms with Gasteiger partial charge in [0.05, 0.1) is 42.6 Å². The Bertz CT molecular complexity index is 977. The van der Waals surface area contributed by atoms with Crippen molar-refractivity contribution in [2.45, 2.75) is 63.3 Å². The summed E-state index contributed by atoms with van der Waals surface area (Å²) in [4.78, 5) is 30.0. The summed E-state index contributed by atoms with van der Waals surface area (Å²) in [6, 6.07) is 10.7. The molecule has 2 fully saturated rings. The van der Waals surface area contributed by atoms with Crippen LogP contribution >= 0.6 is 0 Å². The molecule has 188 valence electrons. The minimum atomic E-state index is -0.750. The van der Waals surface area contributed by atoms with E-state index in [1.807, 2.05) is 31.2 Å². The van der Waals surface area contributed by atoms with Crippen LogP contribution in [0.4, 0.5) is 0 Å². The lowest BCUT2D eigenvalue weighted by Gasteiger charge is -2.36. The lowest BCUT2D eigenvalue weighted by molar-refractivity contribution is -0.131. The van der Waals surface area contributed by atoms with E-state index in [9.17, 15) is 9.59 Å². The molecule has 1 atom stereocenters. The summed E-state index contributed by atoms with van der Waals surface area (Å²) >= 11 is 0. The largest absolute Gasteiger partial charge is 0.492 e. The molecule has 2 heterocycles. The maximum absolute atomic E-state index is 13.6. The first-order chi connectivity index (χ1) is 17.0. The molecular weight excluding hydrogens is 444 g/mol. The molecule has 1 aliphatic heterocycles. The van der Waals surface area contributed by atoms with Crippen molar-refractivity contribution in [3.8, 4) is 5.75 Å². The number of hydrogen-bond donors (Lipinski definition) is 1. The van der Waals surface area contributed by atoms with Crippen LogP contribution in [-0.4, -0.2) is 43.8 Å². The molecule has 7 nitrogen and oxygen atoms in total. The van der Waals surface area contributed by atoms with Crippen LogP contribution in [0.3, 0.4) is 0 Å². The molecule has 1 aromatic heterocycles. The molecular formula is C28H36N2O5. The second-order valence-corrected chi connectivity index (χ2v) is 9.70. The number of nitrogens with zero attached hydrogens (tertiary/aromatic N) is 1. The average Bonchev–Trinajstić information content (AvgIpc) is 2.92. The summed E-state index contributed by atoms with van der Waals surface area (Å²) < 4.78 is 16.4. The smallest absolute Gasteiger partial charge is 0.337 e. The zero-order valence-corrected chi connectivity index (χ0v) is 20.8. The number of ether oxygens (including phenoxy) is 3. The van der Waals surface area contributed by atoms with Crippen molar-refractivity contribution in [3.63, 3.8) is 0 Å². The van der Waals surface area contributed by atoms with E-state index < -0.39 is 5.41 Å². The van der Waals surface area contributed by atoms with Crippen LogP contribution < -0.4 is 10.1 Å². The van der Waals surface area contributed by atoms with E-state index in [-0.39, 0.29) is 17.9 Å². The standard InChI is InChI=1S/C28H36N2O5/c1-20(22-8-10-23(11-9-22)26(31)33-2)30-27(32)28(14-16-34-17-15-28)25-13-12-24(18-29-25)35-19-21-6-4-3-5-7-21/h8-13,18,20-21H,3-7,14-17,19H2,1-2H3,(H,30,32)/t20-/m0/s1. The Morgan fingerprint density at radius 2 is 1.80 bits per heavy atom. The van der Waals surface area contributed by atoms with E-state index >= 15 is 0 Å². The number of benzene rings is 1. The Morgan fingerprint density at radius 1 is 1.09 bits per heavy atom. The topological polar surface area (TPSA) is 86.8 Å². The van der Waals surface area contributed by atoms with E-state index in [2.05, 4.69) is 10.3 Å². The van der Waals surface area contributed by atoms with Gasteiger partial charge >= 0.3 is 5.97 Å². The molecule has 35 heavy (non-hydrogen) atoms. The van der Waals surface area contributed by atoms with E-state index in [0.29, 0.717) is 37.5 Å². The molecule has 2 aromatic rings. The Hall–Kier alpha value is -2.93. The molecule has 1 N–H and O–H groups in total. The lowest BCUT2D eigenvalue weighted by Crippen LogP contribution is -2.49. The molecule has 4 rings (SSSR count). The molecule has 0 spiro atoms. The van der Waals surface area contributed by atoms with Gasteiger partial charge < -0.3 is 19.5 Å². The monoisotopic (exact) mass is 480 g/mol. The quantitative estimate of drug-likeness (QED) is 0.549. The highest BCUT2D eigenvalue weighted by molar-refractivity contribution is 5.89. The second-order valence-electron chi connectivity index (χ2n) is 9.70. The Morgan fingerprint density at radius 3 is 2.43 bits per heavy atom. The molecule has 2 aliphatic rings. The number of nitrogens with one attached hydrogen (secondary N) is 1. The van der Waals surface area contributed by atoms with Gasteiger partial charge in [-0.15, -0.1) is 0 Å². The highest BCUT2D eigenvalue weighted by Crippen LogP contribution is 2.35. The molecule has 0 radical (unpaired) electrons. The predicted octanol–water partition coefficient (Wildman–Crippen LogP) is 4.75. The fourth-order valence-corrected chi connectivity index (χ4v) is 5.08. The number of aromatic nitrogens is 1. The Labute approximate surface area is 207 Å². The third kappa shape index (κ3) is 6.01. The SMILES string of the molecule is COC(=O)c1ccc([C@H](C)NC(=O)C2(c3ccc(OCC4CCCCC4)cn3)CCOCC2)cc1. The lowest BCUT2D eigenvalue weighted by atomic mass is 9.75. The van der Waals surface area contributed by atoms with Gasteiger partial charge in [0.25, 0.3) is 0 Å². The number of rotatable bonds is 8. The van der Waals surface area contributed by atoms with E-state index in [0.717, 1.165) is 23.6 Å². The van der Waals surface area contributed by atoms with Gasteiger partial charge in [-0.25, -0.2) is 4.79 Å². The second kappa shape index (κ2) is 11.7. The number of hydrogen-bond acceptors (Lipinski definition) is 6. The number of carbonyl (C=O) groups excluding carboxylic acids is 2. The molecule has 0 bridgehead atoms. The first-order valence-corrected chi connectivity index (χ1v) is 12.7. The van der Waals surface area contributed by atoms with Crippen LogP contribution in [0.15, 0.2) is 42.6 Å². The Kier molecular flexibility index (Phi) is 8.39. The molecule has 1 saturated carbocycles. The van der Waals surface area contributed by atoms with Crippen molar-refractivity contribution < 1.29 is 23.8 Å². The minimum Gasteiger partial charge on any atom is -0.492 e. The molecule has 1 amide bonds. The number of methoxy groups -OCH3 is 1. The summed E-state index contributed by atoms with van der Waals surface area (Å²) in [5, 5.41) is 3.17. The highest BCUT2D eigenvalue weighted by atomic mass is 16.5. The van der Waals surface area contributed by atoms with Crippen molar-refractivity contribution in [3.05, 3.63) is 59.4 Å².